The summed E-state index contributed by atoms with van der Waals surface area (Å²) in [5, 5.41) is 9.26. The Kier molecular flexibility index (Phi) is 4.84. The Bertz CT molecular complexity index is 533. The van der Waals surface area contributed by atoms with E-state index in [1.165, 1.54) is 6.20 Å². The molecule has 1 aliphatic heterocycles. The van der Waals surface area contributed by atoms with E-state index in [-0.39, 0.29) is 29.0 Å². The lowest BCUT2D eigenvalue weighted by Crippen LogP contribution is -2.53. The van der Waals surface area contributed by atoms with Crippen LogP contribution >= 0.6 is 11.6 Å². The predicted molar refractivity (Wildman–Crippen MR) is 77.2 cm³/mol. The first kappa shape index (κ1) is 15.8. The number of methoxy groups -OCH3 is 1. The van der Waals surface area contributed by atoms with Crippen LogP contribution in [0, 0.1) is 0 Å². The van der Waals surface area contributed by atoms with Crippen LogP contribution in [0.3, 0.4) is 0 Å². The lowest BCUT2D eigenvalue weighted by Gasteiger charge is -2.37. The largest absolute Gasteiger partial charge is 0.382 e. The van der Waals surface area contributed by atoms with Crippen molar-refractivity contribution in [3.8, 4) is 0 Å². The van der Waals surface area contributed by atoms with Crippen molar-refractivity contribution >= 4 is 23.4 Å². The van der Waals surface area contributed by atoms with E-state index < -0.39 is 5.54 Å². The SMILES string of the molecule is CNC(=O)CC1(COC)CCCN1C(=O)c1[nH]ncc1Cl. The van der Waals surface area contributed by atoms with Gasteiger partial charge in [-0.25, -0.2) is 0 Å². The number of aromatic amines is 1. The maximum atomic E-state index is 12.7. The monoisotopic (exact) mass is 314 g/mol. The zero-order valence-corrected chi connectivity index (χ0v) is 12.9. The van der Waals surface area contributed by atoms with Crippen molar-refractivity contribution in [3.63, 3.8) is 0 Å². The molecule has 21 heavy (non-hydrogen) atoms. The van der Waals surface area contributed by atoms with Crippen LogP contribution in [-0.4, -0.2) is 59.8 Å². The number of hydrogen-bond donors (Lipinski definition) is 2. The molecular formula is C13H19ClN4O3. The summed E-state index contributed by atoms with van der Waals surface area (Å²) in [6, 6.07) is 0. The number of nitrogens with one attached hydrogen (secondary N) is 2. The van der Waals surface area contributed by atoms with E-state index >= 15 is 0 Å². The van der Waals surface area contributed by atoms with Gasteiger partial charge in [-0.1, -0.05) is 11.6 Å². The van der Waals surface area contributed by atoms with Gasteiger partial charge in [0.25, 0.3) is 5.91 Å². The van der Waals surface area contributed by atoms with Crippen molar-refractivity contribution in [2.75, 3.05) is 27.3 Å². The lowest BCUT2D eigenvalue weighted by molar-refractivity contribution is -0.123. The summed E-state index contributed by atoms with van der Waals surface area (Å²) in [4.78, 5) is 26.2. The molecule has 1 aromatic rings. The minimum Gasteiger partial charge on any atom is -0.382 e. The molecule has 1 fully saturated rings. The molecule has 116 valence electrons. The number of nitrogens with zero attached hydrogens (tertiary/aromatic N) is 2. The fourth-order valence-electron chi connectivity index (χ4n) is 2.85. The second kappa shape index (κ2) is 6.44. The highest BCUT2D eigenvalue weighted by atomic mass is 35.5. The van der Waals surface area contributed by atoms with Gasteiger partial charge in [-0.05, 0) is 12.8 Å². The second-order valence-corrected chi connectivity index (χ2v) is 5.57. The van der Waals surface area contributed by atoms with Crippen molar-refractivity contribution in [1.29, 1.82) is 0 Å². The first-order valence-electron chi connectivity index (χ1n) is 6.74. The van der Waals surface area contributed by atoms with Gasteiger partial charge in [0, 0.05) is 20.7 Å². The number of carbonyl (C=O) groups is 2. The highest BCUT2D eigenvalue weighted by Crippen LogP contribution is 2.34. The van der Waals surface area contributed by atoms with Gasteiger partial charge in [0.15, 0.2) is 0 Å². The summed E-state index contributed by atoms with van der Waals surface area (Å²) < 4.78 is 5.27. The maximum Gasteiger partial charge on any atom is 0.273 e. The molecule has 8 heteroatoms. The minimum absolute atomic E-state index is 0.123. The van der Waals surface area contributed by atoms with E-state index in [1.807, 2.05) is 0 Å². The molecule has 7 nitrogen and oxygen atoms in total. The molecule has 0 bridgehead atoms. The Hall–Kier alpha value is -1.60. The molecule has 0 aromatic carbocycles. The van der Waals surface area contributed by atoms with Crippen molar-refractivity contribution in [1.82, 2.24) is 20.4 Å². The van der Waals surface area contributed by atoms with E-state index in [0.29, 0.717) is 19.6 Å². The first-order chi connectivity index (χ1) is 10.0. The van der Waals surface area contributed by atoms with Crippen LogP contribution in [0.1, 0.15) is 29.8 Å². The van der Waals surface area contributed by atoms with Gasteiger partial charge in [0.1, 0.15) is 5.69 Å². The van der Waals surface area contributed by atoms with Crippen LogP contribution < -0.4 is 5.32 Å². The van der Waals surface area contributed by atoms with Gasteiger partial charge in [-0.15, -0.1) is 0 Å². The average molecular weight is 315 g/mol. The van der Waals surface area contributed by atoms with Gasteiger partial charge in [0.05, 0.1) is 29.8 Å². The molecule has 2 heterocycles. The van der Waals surface area contributed by atoms with E-state index in [0.717, 1.165) is 6.42 Å². The molecule has 2 amide bonds. The summed E-state index contributed by atoms with van der Waals surface area (Å²) in [6.07, 6.45) is 3.13. The van der Waals surface area contributed by atoms with Gasteiger partial charge in [-0.2, -0.15) is 5.10 Å². The summed E-state index contributed by atoms with van der Waals surface area (Å²) in [5.74, 6) is -0.376. The molecule has 0 radical (unpaired) electrons. The molecule has 0 aliphatic carbocycles. The third-order valence-electron chi connectivity index (χ3n) is 3.83. The molecule has 0 spiro atoms. The lowest BCUT2D eigenvalue weighted by atomic mass is 9.92. The quantitative estimate of drug-likeness (QED) is 0.842. The van der Waals surface area contributed by atoms with Crippen LogP contribution in [0.4, 0.5) is 0 Å². The van der Waals surface area contributed by atoms with E-state index in [9.17, 15) is 9.59 Å². The second-order valence-electron chi connectivity index (χ2n) is 5.16. The van der Waals surface area contributed by atoms with Crippen LogP contribution in [0.25, 0.3) is 0 Å². The number of ether oxygens (including phenoxy) is 1. The number of aromatic nitrogens is 2. The number of likely N-dealkylation sites (tertiary alicyclic amines) is 1. The molecule has 1 saturated heterocycles. The van der Waals surface area contributed by atoms with Crippen molar-refractivity contribution in [3.05, 3.63) is 16.9 Å². The van der Waals surface area contributed by atoms with Crippen molar-refractivity contribution < 1.29 is 14.3 Å². The zero-order chi connectivity index (χ0) is 15.5. The topological polar surface area (TPSA) is 87.3 Å². The maximum absolute atomic E-state index is 12.7. The third kappa shape index (κ3) is 3.03. The molecule has 1 aliphatic rings. The molecule has 1 atom stereocenters. The Balaban J connectivity index is 2.29. The molecule has 1 unspecified atom stereocenters. The predicted octanol–water partition coefficient (Wildman–Crippen LogP) is 0.820. The zero-order valence-electron chi connectivity index (χ0n) is 12.1. The average Bonchev–Trinajstić information content (AvgIpc) is 3.05. The van der Waals surface area contributed by atoms with Crippen LogP contribution in [0.15, 0.2) is 6.20 Å². The fraction of sp³-hybridized carbons (Fsp3) is 0.615. The Morgan fingerprint density at radius 2 is 2.38 bits per heavy atom. The Morgan fingerprint density at radius 1 is 1.62 bits per heavy atom. The summed E-state index contributed by atoms with van der Waals surface area (Å²) >= 11 is 5.96. The molecular weight excluding hydrogens is 296 g/mol. The van der Waals surface area contributed by atoms with Gasteiger partial charge in [0.2, 0.25) is 5.91 Å². The summed E-state index contributed by atoms with van der Waals surface area (Å²) in [6.45, 7) is 0.868. The summed E-state index contributed by atoms with van der Waals surface area (Å²) in [7, 11) is 3.14. The first-order valence-corrected chi connectivity index (χ1v) is 7.12. The van der Waals surface area contributed by atoms with Crippen LogP contribution in [0.5, 0.6) is 0 Å². The van der Waals surface area contributed by atoms with Crippen LogP contribution in [0.2, 0.25) is 5.02 Å². The number of rotatable bonds is 5. The molecule has 2 N–H and O–H groups in total. The van der Waals surface area contributed by atoms with Crippen molar-refractivity contribution in [2.24, 2.45) is 0 Å². The fourth-order valence-corrected chi connectivity index (χ4v) is 3.02. The Labute approximate surface area is 128 Å². The normalized spacial score (nSPS) is 21.6. The van der Waals surface area contributed by atoms with E-state index in [4.69, 9.17) is 16.3 Å². The third-order valence-corrected chi connectivity index (χ3v) is 4.12. The number of H-pyrrole nitrogens is 1. The van der Waals surface area contributed by atoms with Crippen molar-refractivity contribution in [2.45, 2.75) is 24.8 Å². The molecule has 2 rings (SSSR count). The minimum atomic E-state index is -0.639. The van der Waals surface area contributed by atoms with E-state index in [1.54, 1.807) is 19.1 Å². The number of hydrogen-bond acceptors (Lipinski definition) is 4. The smallest absolute Gasteiger partial charge is 0.273 e. The molecule has 1 aromatic heterocycles. The molecule has 0 saturated carbocycles. The highest BCUT2D eigenvalue weighted by Gasteiger charge is 2.46. The van der Waals surface area contributed by atoms with E-state index in [2.05, 4.69) is 15.5 Å². The van der Waals surface area contributed by atoms with Gasteiger partial charge in [-0.3, -0.25) is 14.7 Å². The number of carbonyl (C=O) groups excluding carboxylic acids is 2. The highest BCUT2D eigenvalue weighted by molar-refractivity contribution is 6.33. The van der Waals surface area contributed by atoms with Crippen LogP contribution in [-0.2, 0) is 9.53 Å². The number of amides is 2. The standard InChI is InChI=1S/C13H19ClN4O3/c1-15-10(19)6-13(8-21-2)4-3-5-18(13)12(20)11-9(14)7-16-17-11/h7H,3-6,8H2,1-2H3,(H,15,19)(H,16,17). The summed E-state index contributed by atoms with van der Waals surface area (Å²) in [5.41, 5.74) is -0.392. The number of halogens is 1. The van der Waals surface area contributed by atoms with Gasteiger partial charge < -0.3 is 15.0 Å². The Morgan fingerprint density at radius 3 is 2.95 bits per heavy atom. The van der Waals surface area contributed by atoms with Gasteiger partial charge >= 0.3 is 0 Å².